The lowest BCUT2D eigenvalue weighted by Crippen LogP contribution is -2.36. The molecule has 0 radical (unpaired) electrons. The maximum absolute atomic E-state index is 11.5. The number of rotatable bonds is 3. The molecule has 1 saturated heterocycles. The van der Waals surface area contributed by atoms with Crippen LogP contribution in [0.4, 0.5) is 11.4 Å². The Morgan fingerprint density at radius 2 is 2.05 bits per heavy atom. The quantitative estimate of drug-likeness (QED) is 0.482. The summed E-state index contributed by atoms with van der Waals surface area (Å²) >= 11 is 0. The number of esters is 1. The second-order valence-corrected chi connectivity index (χ2v) is 5.01. The molecule has 1 fully saturated rings. The highest BCUT2D eigenvalue weighted by Gasteiger charge is 2.26. The van der Waals surface area contributed by atoms with Crippen LogP contribution >= 0.6 is 0 Å². The van der Waals surface area contributed by atoms with Gasteiger partial charge >= 0.3 is 5.97 Å². The number of anilines is 1. The molecule has 0 spiro atoms. The highest BCUT2D eigenvalue weighted by Crippen LogP contribution is 2.28. The Morgan fingerprint density at radius 3 is 2.60 bits per heavy atom. The minimum Gasteiger partial charge on any atom is -0.469 e. The molecule has 0 bridgehead atoms. The lowest BCUT2D eigenvalue weighted by Gasteiger charge is -2.32. The van der Waals surface area contributed by atoms with E-state index in [1.54, 1.807) is 19.1 Å². The number of hydrogen-bond donors (Lipinski definition) is 0. The first kappa shape index (κ1) is 14.3. The number of nitro benzene ring substituents is 1. The Balaban J connectivity index is 2.09. The Kier molecular flexibility index (Phi) is 4.22. The van der Waals surface area contributed by atoms with E-state index in [2.05, 4.69) is 4.90 Å². The van der Waals surface area contributed by atoms with Crippen LogP contribution in [0.2, 0.25) is 0 Å². The van der Waals surface area contributed by atoms with Crippen molar-refractivity contribution >= 4 is 17.3 Å². The molecular formula is C14H18N2O4. The number of nitro groups is 1. The van der Waals surface area contributed by atoms with Gasteiger partial charge in [0.15, 0.2) is 0 Å². The summed E-state index contributed by atoms with van der Waals surface area (Å²) in [6, 6.07) is 5.26. The van der Waals surface area contributed by atoms with E-state index in [4.69, 9.17) is 4.74 Å². The van der Waals surface area contributed by atoms with Crippen LogP contribution in [0.3, 0.4) is 0 Å². The Morgan fingerprint density at radius 1 is 1.40 bits per heavy atom. The molecule has 0 saturated carbocycles. The predicted molar refractivity (Wildman–Crippen MR) is 74.8 cm³/mol. The fraction of sp³-hybridized carbons (Fsp3) is 0.500. The first-order valence-corrected chi connectivity index (χ1v) is 6.60. The number of carbonyl (C=O) groups is 1. The lowest BCUT2D eigenvalue weighted by atomic mass is 9.96. The average Bonchev–Trinajstić information content (AvgIpc) is 2.47. The van der Waals surface area contributed by atoms with Crippen molar-refractivity contribution in [1.82, 2.24) is 0 Å². The smallest absolute Gasteiger partial charge is 0.308 e. The minimum atomic E-state index is -0.361. The molecule has 1 heterocycles. The summed E-state index contributed by atoms with van der Waals surface area (Å²) in [5.74, 6) is -0.226. The van der Waals surface area contributed by atoms with Crippen LogP contribution < -0.4 is 4.90 Å². The van der Waals surface area contributed by atoms with E-state index in [9.17, 15) is 14.9 Å². The van der Waals surface area contributed by atoms with Gasteiger partial charge in [0.25, 0.3) is 5.69 Å². The maximum atomic E-state index is 11.5. The molecule has 0 unspecified atom stereocenters. The number of benzene rings is 1. The topological polar surface area (TPSA) is 72.7 Å². The van der Waals surface area contributed by atoms with E-state index in [1.165, 1.54) is 7.11 Å². The lowest BCUT2D eigenvalue weighted by molar-refractivity contribution is -0.385. The summed E-state index contributed by atoms with van der Waals surface area (Å²) in [5.41, 5.74) is 1.63. The number of piperidine rings is 1. The summed E-state index contributed by atoms with van der Waals surface area (Å²) in [7, 11) is 1.40. The molecule has 0 aliphatic carbocycles. The molecule has 1 aliphatic heterocycles. The fourth-order valence-corrected chi connectivity index (χ4v) is 2.53. The highest BCUT2D eigenvalue weighted by molar-refractivity contribution is 5.72. The van der Waals surface area contributed by atoms with Crippen LogP contribution in [0.5, 0.6) is 0 Å². The van der Waals surface area contributed by atoms with Gasteiger partial charge in [0.1, 0.15) is 0 Å². The fourth-order valence-electron chi connectivity index (χ4n) is 2.53. The Labute approximate surface area is 117 Å². The summed E-state index contributed by atoms with van der Waals surface area (Å²) in [5, 5.41) is 11.0. The van der Waals surface area contributed by atoms with Crippen molar-refractivity contribution < 1.29 is 14.5 Å². The van der Waals surface area contributed by atoms with Gasteiger partial charge in [0.05, 0.1) is 18.0 Å². The monoisotopic (exact) mass is 278 g/mol. The average molecular weight is 278 g/mol. The van der Waals surface area contributed by atoms with E-state index in [1.807, 2.05) is 6.07 Å². The van der Waals surface area contributed by atoms with Crippen LogP contribution in [0, 0.1) is 23.0 Å². The van der Waals surface area contributed by atoms with Gasteiger partial charge in [-0.15, -0.1) is 0 Å². The van der Waals surface area contributed by atoms with Crippen molar-refractivity contribution in [3.05, 3.63) is 33.9 Å². The molecule has 2 rings (SSSR count). The summed E-state index contributed by atoms with van der Waals surface area (Å²) in [6.07, 6.45) is 1.43. The molecule has 108 valence electrons. The van der Waals surface area contributed by atoms with E-state index in [0.29, 0.717) is 31.5 Å². The first-order valence-electron chi connectivity index (χ1n) is 6.60. The zero-order valence-corrected chi connectivity index (χ0v) is 11.7. The third-order valence-corrected chi connectivity index (χ3v) is 3.78. The molecule has 1 aromatic carbocycles. The van der Waals surface area contributed by atoms with Gasteiger partial charge in [-0.3, -0.25) is 14.9 Å². The van der Waals surface area contributed by atoms with Gasteiger partial charge in [-0.25, -0.2) is 0 Å². The van der Waals surface area contributed by atoms with Crippen molar-refractivity contribution in [2.45, 2.75) is 19.8 Å². The second kappa shape index (κ2) is 5.90. The van der Waals surface area contributed by atoms with Crippen molar-refractivity contribution in [2.75, 3.05) is 25.1 Å². The van der Waals surface area contributed by atoms with Crippen LogP contribution in [-0.2, 0) is 9.53 Å². The minimum absolute atomic E-state index is 0.0586. The zero-order chi connectivity index (χ0) is 14.7. The van der Waals surface area contributed by atoms with Crippen LogP contribution in [-0.4, -0.2) is 31.1 Å². The van der Waals surface area contributed by atoms with E-state index in [-0.39, 0.29) is 22.5 Å². The third kappa shape index (κ3) is 2.89. The van der Waals surface area contributed by atoms with Crippen LogP contribution in [0.15, 0.2) is 18.2 Å². The van der Waals surface area contributed by atoms with Gasteiger partial charge in [0.2, 0.25) is 0 Å². The molecule has 1 aromatic rings. The van der Waals surface area contributed by atoms with Gasteiger partial charge in [0, 0.05) is 30.4 Å². The Bertz CT molecular complexity index is 522. The van der Waals surface area contributed by atoms with Crippen molar-refractivity contribution in [3.63, 3.8) is 0 Å². The predicted octanol–water partition coefficient (Wildman–Crippen LogP) is 2.29. The number of carbonyl (C=O) groups excluding carboxylic acids is 1. The number of hydrogen-bond acceptors (Lipinski definition) is 5. The molecule has 0 atom stereocenters. The highest BCUT2D eigenvalue weighted by atomic mass is 16.6. The molecule has 20 heavy (non-hydrogen) atoms. The molecule has 6 heteroatoms. The molecule has 0 N–H and O–H groups in total. The molecule has 6 nitrogen and oxygen atoms in total. The van der Waals surface area contributed by atoms with Gasteiger partial charge < -0.3 is 9.64 Å². The largest absolute Gasteiger partial charge is 0.469 e. The molecule has 1 aliphatic rings. The number of aryl methyl sites for hydroxylation is 1. The summed E-state index contributed by atoms with van der Waals surface area (Å²) in [4.78, 5) is 24.1. The van der Waals surface area contributed by atoms with E-state index >= 15 is 0 Å². The molecule has 0 amide bonds. The van der Waals surface area contributed by atoms with E-state index < -0.39 is 0 Å². The maximum Gasteiger partial charge on any atom is 0.308 e. The summed E-state index contributed by atoms with van der Waals surface area (Å²) in [6.45, 7) is 3.14. The van der Waals surface area contributed by atoms with Gasteiger partial charge in [-0.05, 0) is 25.8 Å². The number of ether oxygens (including phenoxy) is 1. The number of methoxy groups -OCH3 is 1. The van der Waals surface area contributed by atoms with Crippen molar-refractivity contribution in [1.29, 1.82) is 0 Å². The third-order valence-electron chi connectivity index (χ3n) is 3.78. The van der Waals surface area contributed by atoms with Gasteiger partial charge in [-0.1, -0.05) is 6.07 Å². The summed E-state index contributed by atoms with van der Waals surface area (Å²) < 4.78 is 4.75. The second-order valence-electron chi connectivity index (χ2n) is 5.01. The Hall–Kier alpha value is -2.11. The van der Waals surface area contributed by atoms with Crippen LogP contribution in [0.25, 0.3) is 0 Å². The SMILES string of the molecule is COC(=O)C1CCN(c2ccc(C)c([N+](=O)[O-])c2)CC1. The van der Waals surface area contributed by atoms with E-state index in [0.717, 1.165) is 5.69 Å². The molecule has 0 aromatic heterocycles. The molecular weight excluding hydrogens is 260 g/mol. The standard InChI is InChI=1S/C14H18N2O4/c1-10-3-4-12(9-13(10)16(18)19)15-7-5-11(6-8-15)14(17)20-2/h3-4,9,11H,5-8H2,1-2H3. The van der Waals surface area contributed by atoms with Crippen molar-refractivity contribution in [3.8, 4) is 0 Å². The first-order chi connectivity index (χ1) is 9.52. The zero-order valence-electron chi connectivity index (χ0n) is 11.7. The number of nitrogens with zero attached hydrogens (tertiary/aromatic N) is 2. The van der Waals surface area contributed by atoms with Crippen molar-refractivity contribution in [2.24, 2.45) is 5.92 Å². The van der Waals surface area contributed by atoms with Crippen LogP contribution in [0.1, 0.15) is 18.4 Å². The van der Waals surface area contributed by atoms with Gasteiger partial charge in [-0.2, -0.15) is 0 Å². The normalized spacial score (nSPS) is 16.0.